The van der Waals surface area contributed by atoms with Crippen molar-refractivity contribution < 1.29 is 4.74 Å². The Labute approximate surface area is 150 Å². The van der Waals surface area contributed by atoms with Gasteiger partial charge in [-0.1, -0.05) is 12.1 Å². The van der Waals surface area contributed by atoms with Crippen molar-refractivity contribution in [3.8, 4) is 17.0 Å². The van der Waals surface area contributed by atoms with Crippen LogP contribution in [0.15, 0.2) is 46.9 Å². The van der Waals surface area contributed by atoms with Gasteiger partial charge in [-0.05, 0) is 71.4 Å². The smallest absolute Gasteiger partial charge is 0.121 e. The van der Waals surface area contributed by atoms with Gasteiger partial charge in [-0.15, -0.1) is 0 Å². The minimum absolute atomic E-state index is 0.681. The number of ether oxygens (including phenoxy) is 1. The van der Waals surface area contributed by atoms with Crippen molar-refractivity contribution in [2.45, 2.75) is 26.3 Å². The Morgan fingerprint density at radius 3 is 2.58 bits per heavy atom. The number of nitrogen functional groups attached to an aromatic ring is 1. The third-order valence-corrected chi connectivity index (χ3v) is 5.41. The highest BCUT2D eigenvalue weighted by Gasteiger charge is 2.26. The van der Waals surface area contributed by atoms with Gasteiger partial charge in [-0.25, -0.2) is 0 Å². The minimum Gasteiger partial charge on any atom is -0.494 e. The van der Waals surface area contributed by atoms with Crippen LogP contribution < -0.4 is 10.5 Å². The quantitative estimate of drug-likeness (QED) is 0.593. The molecule has 1 aliphatic carbocycles. The van der Waals surface area contributed by atoms with E-state index in [1.807, 2.05) is 25.1 Å². The molecule has 0 atom stereocenters. The lowest BCUT2D eigenvalue weighted by molar-refractivity contribution is 0.340. The van der Waals surface area contributed by atoms with E-state index < -0.39 is 0 Å². The van der Waals surface area contributed by atoms with Gasteiger partial charge < -0.3 is 15.0 Å². The lowest BCUT2D eigenvalue weighted by Crippen LogP contribution is -2.02. The second-order valence-corrected chi connectivity index (χ2v) is 7.24. The zero-order chi connectivity index (χ0) is 16.7. The Kier molecular flexibility index (Phi) is 4.01. The predicted octanol–water partition coefficient (Wildman–Crippen LogP) is 5.46. The topological polar surface area (TPSA) is 40.2 Å². The SMILES string of the molecule is CCOc1ccc2c(Br)c(-c3ccc(N)cc3)n(CC3CC3)c2c1. The summed E-state index contributed by atoms with van der Waals surface area (Å²) in [6.07, 6.45) is 2.65. The molecular formula is C20H21BrN2O. The van der Waals surface area contributed by atoms with E-state index in [1.165, 1.54) is 35.0 Å². The van der Waals surface area contributed by atoms with Crippen LogP contribution in [0, 0.1) is 5.92 Å². The molecule has 1 aromatic heterocycles. The number of halogens is 1. The van der Waals surface area contributed by atoms with E-state index in [2.05, 4.69) is 44.8 Å². The van der Waals surface area contributed by atoms with Crippen LogP contribution in [0.1, 0.15) is 19.8 Å². The Hall–Kier alpha value is -1.94. The van der Waals surface area contributed by atoms with Crippen molar-refractivity contribution in [2.75, 3.05) is 12.3 Å². The summed E-state index contributed by atoms with van der Waals surface area (Å²) in [7, 11) is 0. The van der Waals surface area contributed by atoms with Crippen molar-refractivity contribution in [3.05, 3.63) is 46.9 Å². The van der Waals surface area contributed by atoms with Gasteiger partial charge in [0.1, 0.15) is 5.75 Å². The van der Waals surface area contributed by atoms with E-state index in [1.54, 1.807) is 0 Å². The van der Waals surface area contributed by atoms with Crippen LogP contribution in [0.4, 0.5) is 5.69 Å². The van der Waals surface area contributed by atoms with Crippen LogP contribution in [0.5, 0.6) is 5.75 Å². The first-order valence-corrected chi connectivity index (χ1v) is 9.27. The third kappa shape index (κ3) is 2.80. The van der Waals surface area contributed by atoms with Crippen molar-refractivity contribution in [3.63, 3.8) is 0 Å². The molecule has 2 aromatic carbocycles. The Bertz CT molecular complexity index is 879. The van der Waals surface area contributed by atoms with E-state index in [-0.39, 0.29) is 0 Å². The molecule has 0 unspecified atom stereocenters. The second-order valence-electron chi connectivity index (χ2n) is 6.45. The van der Waals surface area contributed by atoms with Gasteiger partial charge >= 0.3 is 0 Å². The molecule has 24 heavy (non-hydrogen) atoms. The first-order valence-electron chi connectivity index (χ1n) is 8.48. The van der Waals surface area contributed by atoms with Crippen LogP contribution in [0.2, 0.25) is 0 Å². The first kappa shape index (κ1) is 15.6. The van der Waals surface area contributed by atoms with Crippen LogP contribution in [-0.2, 0) is 6.54 Å². The normalized spacial score (nSPS) is 14.2. The number of benzene rings is 2. The summed E-state index contributed by atoms with van der Waals surface area (Å²) in [5, 5.41) is 1.23. The summed E-state index contributed by atoms with van der Waals surface area (Å²) < 4.78 is 9.30. The number of rotatable bonds is 5. The van der Waals surface area contributed by atoms with Crippen LogP contribution >= 0.6 is 15.9 Å². The largest absolute Gasteiger partial charge is 0.494 e. The lowest BCUT2D eigenvalue weighted by Gasteiger charge is -2.12. The van der Waals surface area contributed by atoms with Crippen LogP contribution in [0.3, 0.4) is 0 Å². The Balaban J connectivity index is 1.92. The molecule has 0 bridgehead atoms. The second kappa shape index (κ2) is 6.17. The molecule has 1 heterocycles. The summed E-state index contributed by atoms with van der Waals surface area (Å²) in [5.41, 5.74) is 10.3. The lowest BCUT2D eigenvalue weighted by atomic mass is 10.1. The maximum absolute atomic E-state index is 5.86. The summed E-state index contributed by atoms with van der Waals surface area (Å²) in [6, 6.07) is 14.5. The zero-order valence-electron chi connectivity index (χ0n) is 13.8. The number of fused-ring (bicyclic) bond motifs is 1. The monoisotopic (exact) mass is 384 g/mol. The third-order valence-electron chi connectivity index (χ3n) is 4.61. The summed E-state index contributed by atoms with van der Waals surface area (Å²) in [4.78, 5) is 0. The van der Waals surface area contributed by atoms with E-state index in [0.717, 1.165) is 28.4 Å². The average molecular weight is 385 g/mol. The molecule has 1 aliphatic rings. The molecule has 0 radical (unpaired) electrons. The summed E-state index contributed by atoms with van der Waals surface area (Å²) >= 11 is 3.84. The molecule has 0 saturated heterocycles. The Morgan fingerprint density at radius 2 is 1.92 bits per heavy atom. The predicted molar refractivity (Wildman–Crippen MR) is 103 cm³/mol. The molecule has 4 heteroatoms. The number of aromatic nitrogens is 1. The molecular weight excluding hydrogens is 364 g/mol. The highest BCUT2D eigenvalue weighted by atomic mass is 79.9. The van der Waals surface area contributed by atoms with E-state index in [9.17, 15) is 0 Å². The van der Waals surface area contributed by atoms with Crippen molar-refractivity contribution in [1.29, 1.82) is 0 Å². The maximum Gasteiger partial charge on any atom is 0.121 e. The average Bonchev–Trinajstić information content (AvgIpc) is 3.35. The number of hydrogen-bond acceptors (Lipinski definition) is 2. The molecule has 0 amide bonds. The zero-order valence-corrected chi connectivity index (χ0v) is 15.3. The van der Waals surface area contributed by atoms with Crippen LogP contribution in [-0.4, -0.2) is 11.2 Å². The molecule has 3 aromatic rings. The van der Waals surface area contributed by atoms with Gasteiger partial charge in [-0.2, -0.15) is 0 Å². The van der Waals surface area contributed by atoms with Crippen LogP contribution in [0.25, 0.3) is 22.2 Å². The minimum atomic E-state index is 0.681. The molecule has 4 rings (SSSR count). The maximum atomic E-state index is 5.86. The molecule has 1 saturated carbocycles. The van der Waals surface area contributed by atoms with Gasteiger partial charge in [-0.3, -0.25) is 0 Å². The number of hydrogen-bond donors (Lipinski definition) is 1. The number of nitrogens with zero attached hydrogens (tertiary/aromatic N) is 1. The summed E-state index contributed by atoms with van der Waals surface area (Å²) in [5.74, 6) is 1.71. The fourth-order valence-electron chi connectivity index (χ4n) is 3.22. The van der Waals surface area contributed by atoms with E-state index in [4.69, 9.17) is 10.5 Å². The number of nitrogens with two attached hydrogens (primary N) is 1. The van der Waals surface area contributed by atoms with Crippen molar-refractivity contribution >= 4 is 32.5 Å². The molecule has 2 N–H and O–H groups in total. The highest BCUT2D eigenvalue weighted by Crippen LogP contribution is 2.42. The van der Waals surface area contributed by atoms with Gasteiger partial charge in [0.25, 0.3) is 0 Å². The number of anilines is 1. The first-order chi connectivity index (χ1) is 11.7. The molecule has 1 fully saturated rings. The van der Waals surface area contributed by atoms with Gasteiger partial charge in [0.15, 0.2) is 0 Å². The van der Waals surface area contributed by atoms with E-state index in [0.29, 0.717) is 6.61 Å². The van der Waals surface area contributed by atoms with Gasteiger partial charge in [0, 0.05) is 23.7 Å². The molecule has 0 aliphatic heterocycles. The summed E-state index contributed by atoms with van der Waals surface area (Å²) in [6.45, 7) is 3.75. The van der Waals surface area contributed by atoms with Gasteiger partial charge in [0.05, 0.1) is 22.3 Å². The van der Waals surface area contributed by atoms with E-state index >= 15 is 0 Å². The van der Waals surface area contributed by atoms with Crippen molar-refractivity contribution in [2.24, 2.45) is 5.92 Å². The van der Waals surface area contributed by atoms with Crippen molar-refractivity contribution in [1.82, 2.24) is 4.57 Å². The fourth-order valence-corrected chi connectivity index (χ4v) is 3.99. The molecule has 124 valence electrons. The highest BCUT2D eigenvalue weighted by molar-refractivity contribution is 9.10. The van der Waals surface area contributed by atoms with Gasteiger partial charge in [0.2, 0.25) is 0 Å². The molecule has 3 nitrogen and oxygen atoms in total. The Morgan fingerprint density at radius 1 is 1.17 bits per heavy atom. The molecule has 0 spiro atoms. The standard InChI is InChI=1S/C20H21BrN2O/c1-2-24-16-9-10-17-18(11-16)23(12-13-3-4-13)20(19(17)21)14-5-7-15(22)8-6-14/h5-11,13H,2-4,12,22H2,1H3. The fraction of sp³-hybridized carbons (Fsp3) is 0.300.